The summed E-state index contributed by atoms with van der Waals surface area (Å²) < 4.78 is 22.2. The highest BCUT2D eigenvalue weighted by Gasteiger charge is 2.28. The molecule has 10 nitrogen and oxygen atoms in total. The molecule has 10 heteroatoms. The van der Waals surface area contributed by atoms with Gasteiger partial charge < -0.3 is 23.9 Å². The molecule has 0 bridgehead atoms. The number of furan rings is 1. The maximum atomic E-state index is 12.8. The maximum Gasteiger partial charge on any atom is 0.287 e. The zero-order valence-electron chi connectivity index (χ0n) is 20.9. The molecule has 198 valence electrons. The summed E-state index contributed by atoms with van der Waals surface area (Å²) in [6, 6.07) is 17.3. The van der Waals surface area contributed by atoms with Crippen LogP contribution in [0.1, 0.15) is 26.7 Å². The van der Waals surface area contributed by atoms with Crippen LogP contribution in [0.25, 0.3) is 0 Å². The number of hydrogen-bond acceptors (Lipinski definition) is 8. The Balaban J connectivity index is 1.21. The van der Waals surface area contributed by atoms with Crippen molar-refractivity contribution < 1.29 is 33.0 Å². The number of rotatable bonds is 10. The second-order valence-electron chi connectivity index (χ2n) is 8.95. The Morgan fingerprint density at radius 1 is 1.00 bits per heavy atom. The first-order valence-electron chi connectivity index (χ1n) is 12.5. The van der Waals surface area contributed by atoms with Crippen LogP contribution in [0.15, 0.2) is 65.1 Å². The van der Waals surface area contributed by atoms with Gasteiger partial charge in [0.05, 0.1) is 25.4 Å². The Labute approximate surface area is 220 Å². The molecule has 0 aliphatic carbocycles. The molecule has 3 heterocycles. The predicted octanol–water partition coefficient (Wildman–Crippen LogP) is 2.53. The molecule has 2 aliphatic rings. The maximum absolute atomic E-state index is 12.8. The molecular weight excluding hydrogens is 490 g/mol. The lowest BCUT2D eigenvalue weighted by molar-refractivity contribution is -0.121. The van der Waals surface area contributed by atoms with Gasteiger partial charge in [0, 0.05) is 31.7 Å². The van der Waals surface area contributed by atoms with E-state index in [2.05, 4.69) is 10.2 Å². The lowest BCUT2D eigenvalue weighted by Gasteiger charge is -2.29. The highest BCUT2D eigenvalue weighted by molar-refractivity contribution is 6.02. The Morgan fingerprint density at radius 3 is 2.63 bits per heavy atom. The molecule has 1 saturated heterocycles. The SMILES string of the molecule is O=C(COc1ccccc1)c1ccc2c(c1)N(Cc1ccc(C(=O)NCCN3CCOCC3)o1)C(=O)CO2. The van der Waals surface area contributed by atoms with Crippen molar-refractivity contribution in [3.63, 3.8) is 0 Å². The second kappa shape index (κ2) is 11.9. The van der Waals surface area contributed by atoms with Gasteiger partial charge >= 0.3 is 0 Å². The Kier molecular flexibility index (Phi) is 8.01. The lowest BCUT2D eigenvalue weighted by Crippen LogP contribution is -2.41. The Bertz CT molecular complexity index is 1280. The molecule has 1 fully saturated rings. The summed E-state index contributed by atoms with van der Waals surface area (Å²) >= 11 is 0. The van der Waals surface area contributed by atoms with Gasteiger partial charge in [-0.05, 0) is 42.5 Å². The number of nitrogens with one attached hydrogen (secondary N) is 1. The number of anilines is 1. The highest BCUT2D eigenvalue weighted by atomic mass is 16.5. The molecule has 1 N–H and O–H groups in total. The smallest absolute Gasteiger partial charge is 0.287 e. The summed E-state index contributed by atoms with van der Waals surface area (Å²) in [6.45, 7) is 4.16. The zero-order chi connectivity index (χ0) is 26.3. The molecule has 0 saturated carbocycles. The number of hydrogen-bond donors (Lipinski definition) is 1. The van der Waals surface area contributed by atoms with Gasteiger partial charge in [-0.1, -0.05) is 18.2 Å². The van der Waals surface area contributed by atoms with Crippen LogP contribution >= 0.6 is 0 Å². The number of ether oxygens (including phenoxy) is 3. The van der Waals surface area contributed by atoms with Crippen LogP contribution in [0.2, 0.25) is 0 Å². The van der Waals surface area contributed by atoms with Crippen LogP contribution < -0.4 is 19.7 Å². The van der Waals surface area contributed by atoms with E-state index in [4.69, 9.17) is 18.6 Å². The largest absolute Gasteiger partial charge is 0.485 e. The van der Waals surface area contributed by atoms with Crippen molar-refractivity contribution in [1.82, 2.24) is 10.2 Å². The molecule has 2 amide bonds. The fourth-order valence-corrected chi connectivity index (χ4v) is 4.28. The summed E-state index contributed by atoms with van der Waals surface area (Å²) in [7, 11) is 0. The third-order valence-electron chi connectivity index (χ3n) is 6.35. The Morgan fingerprint density at radius 2 is 1.82 bits per heavy atom. The number of fused-ring (bicyclic) bond motifs is 1. The summed E-state index contributed by atoms with van der Waals surface area (Å²) in [5, 5.41) is 2.87. The van der Waals surface area contributed by atoms with Crippen LogP contribution in [0.5, 0.6) is 11.5 Å². The van der Waals surface area contributed by atoms with Gasteiger partial charge in [0.2, 0.25) is 0 Å². The van der Waals surface area contributed by atoms with Crippen molar-refractivity contribution in [3.8, 4) is 11.5 Å². The Hall–Kier alpha value is -4.15. The average molecular weight is 520 g/mol. The number of morpholine rings is 1. The summed E-state index contributed by atoms with van der Waals surface area (Å²) in [5.74, 6) is 0.859. The van der Waals surface area contributed by atoms with Crippen LogP contribution in [-0.2, 0) is 16.1 Å². The van der Waals surface area contributed by atoms with Crippen LogP contribution in [0.4, 0.5) is 5.69 Å². The fourth-order valence-electron chi connectivity index (χ4n) is 4.28. The normalized spacial score (nSPS) is 15.5. The third kappa shape index (κ3) is 6.21. The van der Waals surface area contributed by atoms with Gasteiger partial charge in [-0.3, -0.25) is 24.2 Å². The van der Waals surface area contributed by atoms with E-state index in [0.29, 0.717) is 48.3 Å². The van der Waals surface area contributed by atoms with Crippen molar-refractivity contribution in [2.45, 2.75) is 6.54 Å². The van der Waals surface area contributed by atoms with Crippen LogP contribution in [0.3, 0.4) is 0 Å². The fraction of sp³-hybridized carbons (Fsp3) is 0.321. The van der Waals surface area contributed by atoms with E-state index >= 15 is 0 Å². The molecular formula is C28H29N3O7. The van der Waals surface area contributed by atoms with E-state index in [-0.39, 0.29) is 43.1 Å². The van der Waals surface area contributed by atoms with Crippen molar-refractivity contribution in [1.29, 1.82) is 0 Å². The molecule has 2 aromatic carbocycles. The van der Waals surface area contributed by atoms with Gasteiger partial charge in [-0.25, -0.2) is 0 Å². The number of nitrogens with zero attached hydrogens (tertiary/aromatic N) is 2. The molecule has 0 spiro atoms. The molecule has 0 unspecified atom stereocenters. The second-order valence-corrected chi connectivity index (χ2v) is 8.95. The third-order valence-corrected chi connectivity index (χ3v) is 6.35. The van der Waals surface area contributed by atoms with Gasteiger partial charge in [-0.2, -0.15) is 0 Å². The zero-order valence-corrected chi connectivity index (χ0v) is 20.9. The van der Waals surface area contributed by atoms with Crippen molar-refractivity contribution in [2.75, 3.05) is 57.5 Å². The van der Waals surface area contributed by atoms with Gasteiger partial charge in [-0.15, -0.1) is 0 Å². The van der Waals surface area contributed by atoms with Crippen molar-refractivity contribution in [3.05, 3.63) is 77.7 Å². The first-order chi connectivity index (χ1) is 18.6. The first-order valence-corrected chi connectivity index (χ1v) is 12.5. The quantitative estimate of drug-likeness (QED) is 0.407. The highest BCUT2D eigenvalue weighted by Crippen LogP contribution is 2.34. The van der Waals surface area contributed by atoms with E-state index in [1.54, 1.807) is 42.5 Å². The molecule has 38 heavy (non-hydrogen) atoms. The summed E-state index contributed by atoms with van der Waals surface area (Å²) in [4.78, 5) is 41.8. The monoisotopic (exact) mass is 519 g/mol. The number of carbonyl (C=O) groups is 3. The lowest BCUT2D eigenvalue weighted by atomic mass is 10.1. The molecule has 5 rings (SSSR count). The first kappa shape index (κ1) is 25.5. The number of Topliss-reactive ketones (excluding diaryl/α,β-unsaturated/α-hetero) is 1. The van der Waals surface area contributed by atoms with E-state index in [1.807, 2.05) is 18.2 Å². The summed E-state index contributed by atoms with van der Waals surface area (Å²) in [6.07, 6.45) is 0. The molecule has 0 atom stereocenters. The molecule has 1 aromatic heterocycles. The van der Waals surface area contributed by atoms with E-state index in [9.17, 15) is 14.4 Å². The minimum Gasteiger partial charge on any atom is -0.485 e. The van der Waals surface area contributed by atoms with Gasteiger partial charge in [0.15, 0.2) is 24.8 Å². The number of benzene rings is 2. The topological polar surface area (TPSA) is 111 Å². The summed E-state index contributed by atoms with van der Waals surface area (Å²) in [5.41, 5.74) is 0.850. The number of ketones is 1. The van der Waals surface area contributed by atoms with Gasteiger partial charge in [0.1, 0.15) is 17.3 Å². The van der Waals surface area contributed by atoms with E-state index in [1.165, 1.54) is 4.90 Å². The number of amides is 2. The minimum absolute atomic E-state index is 0.0917. The van der Waals surface area contributed by atoms with Crippen molar-refractivity contribution >= 4 is 23.3 Å². The average Bonchev–Trinajstić information content (AvgIpc) is 3.43. The molecule has 2 aliphatic heterocycles. The molecule has 3 aromatic rings. The van der Waals surface area contributed by atoms with Crippen molar-refractivity contribution in [2.24, 2.45) is 0 Å². The van der Waals surface area contributed by atoms with E-state index in [0.717, 1.165) is 19.6 Å². The van der Waals surface area contributed by atoms with Crippen LogP contribution in [0, 0.1) is 0 Å². The van der Waals surface area contributed by atoms with Gasteiger partial charge in [0.25, 0.3) is 11.8 Å². The van der Waals surface area contributed by atoms with Crippen LogP contribution in [-0.4, -0.2) is 75.1 Å². The predicted molar refractivity (Wildman–Crippen MR) is 138 cm³/mol. The standard InChI is InChI=1S/C28H29N3O7/c32-24(18-36-21-4-2-1-3-5-21)20-6-8-25-23(16-20)31(27(33)19-37-25)17-22-7-9-26(38-22)28(34)29-10-11-30-12-14-35-15-13-30/h1-9,16H,10-15,17-19H2,(H,29,34). The minimum atomic E-state index is -0.315. The molecule has 0 radical (unpaired) electrons. The number of para-hydroxylation sites is 1. The number of carbonyl (C=O) groups excluding carboxylic acids is 3. The van der Waals surface area contributed by atoms with E-state index < -0.39 is 0 Å².